The van der Waals surface area contributed by atoms with Crippen LogP contribution in [0.15, 0.2) is 35.7 Å². The fraction of sp³-hybridized carbons (Fsp3) is 0.389. The minimum atomic E-state index is -3.68. The second kappa shape index (κ2) is 8.88. The Morgan fingerprint density at radius 3 is 2.62 bits per heavy atom. The third kappa shape index (κ3) is 5.22. The van der Waals surface area contributed by atoms with E-state index in [0.717, 1.165) is 6.42 Å². The highest BCUT2D eigenvalue weighted by atomic mass is 35.5. The second-order valence-electron chi connectivity index (χ2n) is 5.85. The molecule has 1 aromatic carbocycles. The number of rotatable bonds is 8. The number of hydrogen-bond acceptors (Lipinski definition) is 5. The molecule has 0 aliphatic heterocycles. The molecule has 0 saturated heterocycles. The lowest BCUT2D eigenvalue weighted by Gasteiger charge is -2.29. The average molecular weight is 416 g/mol. The van der Waals surface area contributed by atoms with E-state index in [-0.39, 0.29) is 30.0 Å². The Labute approximate surface area is 163 Å². The molecule has 0 bridgehead atoms. The number of halogens is 1. The number of carbonyl (C=O) groups excluding carboxylic acids is 1. The van der Waals surface area contributed by atoms with Crippen LogP contribution in [0.1, 0.15) is 42.4 Å². The molecule has 0 saturated carbocycles. The molecular weight excluding hydrogens is 394 g/mol. The van der Waals surface area contributed by atoms with Crippen molar-refractivity contribution in [1.82, 2.24) is 4.90 Å². The molecule has 1 amide bonds. The Morgan fingerprint density at radius 1 is 1.31 bits per heavy atom. The van der Waals surface area contributed by atoms with E-state index < -0.39 is 10.1 Å². The number of hydrogen-bond donors (Lipinski definition) is 0. The van der Waals surface area contributed by atoms with Gasteiger partial charge >= 0.3 is 10.1 Å². The first-order valence-corrected chi connectivity index (χ1v) is 11.2. The summed E-state index contributed by atoms with van der Waals surface area (Å²) in [6.07, 6.45) is 0.765. The largest absolute Gasteiger partial charge is 0.382 e. The molecule has 0 N–H and O–H groups in total. The number of thiophene rings is 1. The van der Waals surface area contributed by atoms with E-state index in [9.17, 15) is 13.2 Å². The van der Waals surface area contributed by atoms with Gasteiger partial charge in [-0.2, -0.15) is 8.42 Å². The first kappa shape index (κ1) is 20.7. The van der Waals surface area contributed by atoms with Crippen molar-refractivity contribution in [1.29, 1.82) is 0 Å². The molecule has 142 valence electrons. The molecule has 26 heavy (non-hydrogen) atoms. The van der Waals surface area contributed by atoms with Crippen LogP contribution in [0.25, 0.3) is 0 Å². The van der Waals surface area contributed by atoms with E-state index >= 15 is 0 Å². The lowest BCUT2D eigenvalue weighted by atomic mass is 10.1. The van der Waals surface area contributed by atoms with Gasteiger partial charge in [0.25, 0.3) is 5.91 Å². The van der Waals surface area contributed by atoms with Crippen molar-refractivity contribution in [2.24, 2.45) is 0 Å². The fourth-order valence-electron chi connectivity index (χ4n) is 2.32. The van der Waals surface area contributed by atoms with E-state index in [2.05, 4.69) is 0 Å². The van der Waals surface area contributed by atoms with Crippen molar-refractivity contribution in [3.63, 3.8) is 0 Å². The molecule has 2 rings (SSSR count). The molecule has 0 spiro atoms. The maximum atomic E-state index is 12.9. The van der Waals surface area contributed by atoms with Gasteiger partial charge in [-0.3, -0.25) is 4.79 Å². The third-order valence-electron chi connectivity index (χ3n) is 4.05. The standard InChI is InChI=1S/C18H22ClNO4S2/c1-4-13(3)20(18(21)17-7-6-10-25-17)12-14-11-15(19)8-9-16(14)24-26(22,23)5-2/h6-11,13H,4-5,12H2,1-3H3. The first-order valence-electron chi connectivity index (χ1n) is 8.32. The minimum absolute atomic E-state index is 0.0285. The summed E-state index contributed by atoms with van der Waals surface area (Å²) in [4.78, 5) is 15.2. The van der Waals surface area contributed by atoms with Crippen LogP contribution >= 0.6 is 22.9 Å². The van der Waals surface area contributed by atoms with Gasteiger partial charge in [-0.15, -0.1) is 11.3 Å². The lowest BCUT2D eigenvalue weighted by Crippen LogP contribution is -2.37. The third-order valence-corrected chi connectivity index (χ3v) is 6.28. The SMILES string of the molecule is CCC(C)N(Cc1cc(Cl)ccc1OS(=O)(=O)CC)C(=O)c1cccs1. The number of nitrogens with zero attached hydrogens (tertiary/aromatic N) is 1. The molecule has 5 nitrogen and oxygen atoms in total. The molecule has 1 aromatic heterocycles. The van der Waals surface area contributed by atoms with Gasteiger partial charge in [-0.05, 0) is 49.9 Å². The van der Waals surface area contributed by atoms with Crippen LogP contribution in [0.4, 0.5) is 0 Å². The molecule has 0 radical (unpaired) electrons. The van der Waals surface area contributed by atoms with Crippen LogP contribution < -0.4 is 4.18 Å². The normalized spacial score (nSPS) is 12.6. The summed E-state index contributed by atoms with van der Waals surface area (Å²) >= 11 is 7.47. The highest BCUT2D eigenvalue weighted by Crippen LogP contribution is 2.28. The van der Waals surface area contributed by atoms with Crippen molar-refractivity contribution in [3.8, 4) is 5.75 Å². The monoisotopic (exact) mass is 415 g/mol. The molecule has 8 heteroatoms. The van der Waals surface area contributed by atoms with Crippen LogP contribution in [-0.4, -0.2) is 31.0 Å². The van der Waals surface area contributed by atoms with Gasteiger partial charge in [0.05, 0.1) is 17.2 Å². The van der Waals surface area contributed by atoms with Gasteiger partial charge in [-0.1, -0.05) is 24.6 Å². The topological polar surface area (TPSA) is 63.7 Å². The average Bonchev–Trinajstić information content (AvgIpc) is 3.15. The maximum Gasteiger partial charge on any atom is 0.308 e. The minimum Gasteiger partial charge on any atom is -0.382 e. The first-order chi connectivity index (χ1) is 12.3. The molecule has 1 unspecified atom stereocenters. The summed E-state index contributed by atoms with van der Waals surface area (Å²) in [5, 5.41) is 2.30. The van der Waals surface area contributed by atoms with E-state index in [4.69, 9.17) is 15.8 Å². The Bertz CT molecular complexity index is 850. The molecule has 0 fully saturated rings. The fourth-order valence-corrected chi connectivity index (χ4v) is 3.75. The van der Waals surface area contributed by atoms with Crippen LogP contribution in [0.2, 0.25) is 5.02 Å². The summed E-state index contributed by atoms with van der Waals surface area (Å²) < 4.78 is 28.9. The lowest BCUT2D eigenvalue weighted by molar-refractivity contribution is 0.0676. The van der Waals surface area contributed by atoms with Gasteiger partial charge in [-0.25, -0.2) is 0 Å². The zero-order valence-electron chi connectivity index (χ0n) is 14.9. The van der Waals surface area contributed by atoms with Crippen molar-refractivity contribution in [2.45, 2.75) is 39.8 Å². The van der Waals surface area contributed by atoms with Crippen molar-refractivity contribution in [2.75, 3.05) is 5.75 Å². The maximum absolute atomic E-state index is 12.9. The van der Waals surface area contributed by atoms with Gasteiger partial charge in [0.15, 0.2) is 0 Å². The smallest absolute Gasteiger partial charge is 0.308 e. The highest BCUT2D eigenvalue weighted by molar-refractivity contribution is 7.87. The van der Waals surface area contributed by atoms with Crippen LogP contribution in [0.3, 0.4) is 0 Å². The number of carbonyl (C=O) groups is 1. The Kier molecular flexibility index (Phi) is 7.08. The van der Waals surface area contributed by atoms with Gasteiger partial charge < -0.3 is 9.08 Å². The molecule has 1 heterocycles. The molecule has 2 aromatic rings. The summed E-state index contributed by atoms with van der Waals surface area (Å²) in [5.74, 6) is -0.0414. The zero-order valence-corrected chi connectivity index (χ0v) is 17.3. The van der Waals surface area contributed by atoms with Crippen LogP contribution in [0, 0.1) is 0 Å². The Balaban J connectivity index is 2.38. The zero-order chi connectivity index (χ0) is 19.3. The summed E-state index contributed by atoms with van der Waals surface area (Å²) in [6.45, 7) is 5.67. The van der Waals surface area contributed by atoms with Crippen molar-refractivity contribution < 1.29 is 17.4 Å². The molecular formula is C18H22ClNO4S2. The highest BCUT2D eigenvalue weighted by Gasteiger charge is 2.24. The molecule has 0 aliphatic rings. The van der Waals surface area contributed by atoms with Gasteiger partial charge in [0.2, 0.25) is 0 Å². The quantitative estimate of drug-likeness (QED) is 0.592. The number of benzene rings is 1. The summed E-state index contributed by atoms with van der Waals surface area (Å²) in [7, 11) is -3.68. The predicted octanol–water partition coefficient (Wildman–Crippen LogP) is 4.57. The Hall–Kier alpha value is -1.57. The van der Waals surface area contributed by atoms with E-state index in [0.29, 0.717) is 15.5 Å². The van der Waals surface area contributed by atoms with Gasteiger partial charge in [0, 0.05) is 16.6 Å². The Morgan fingerprint density at radius 2 is 2.04 bits per heavy atom. The van der Waals surface area contributed by atoms with Crippen molar-refractivity contribution >= 4 is 39.0 Å². The van der Waals surface area contributed by atoms with Crippen LogP contribution in [0.5, 0.6) is 5.75 Å². The van der Waals surface area contributed by atoms with E-state index in [1.165, 1.54) is 24.3 Å². The summed E-state index contributed by atoms with van der Waals surface area (Å²) in [6, 6.07) is 8.31. The second-order valence-corrected chi connectivity index (χ2v) is 9.09. The van der Waals surface area contributed by atoms with Crippen molar-refractivity contribution in [3.05, 3.63) is 51.2 Å². The molecule has 1 atom stereocenters. The van der Waals surface area contributed by atoms with E-state index in [1.807, 2.05) is 25.3 Å². The predicted molar refractivity (Wildman–Crippen MR) is 105 cm³/mol. The summed E-state index contributed by atoms with van der Waals surface area (Å²) in [5.41, 5.74) is 0.555. The number of amides is 1. The van der Waals surface area contributed by atoms with Crippen LogP contribution in [-0.2, 0) is 16.7 Å². The van der Waals surface area contributed by atoms with Gasteiger partial charge in [0.1, 0.15) is 5.75 Å². The molecule has 0 aliphatic carbocycles. The van der Waals surface area contributed by atoms with E-state index in [1.54, 1.807) is 23.1 Å².